The number of anilines is 2. The lowest BCUT2D eigenvalue weighted by atomic mass is 10.0. The lowest BCUT2D eigenvalue weighted by Crippen LogP contribution is -2.43. The standard InChI is InChI=1S/C23H20Cl2N2O3/c24-17-10-6-11-18(25)22(17)27-19-12-5-4-9-16(19)14-21(28)26-20(23(29)30)13-15-7-2-1-3-8-15/h1-12,20,27H,13-14H2,(H,26,28)(H,29,30). The van der Waals surface area contributed by atoms with Crippen molar-refractivity contribution in [1.29, 1.82) is 0 Å². The van der Waals surface area contributed by atoms with Crippen LogP contribution in [-0.4, -0.2) is 23.0 Å². The predicted molar refractivity (Wildman–Crippen MR) is 120 cm³/mol. The highest BCUT2D eigenvalue weighted by Crippen LogP contribution is 2.33. The largest absolute Gasteiger partial charge is 0.480 e. The van der Waals surface area contributed by atoms with Crippen molar-refractivity contribution in [3.63, 3.8) is 0 Å². The number of nitrogens with one attached hydrogen (secondary N) is 2. The van der Waals surface area contributed by atoms with Gasteiger partial charge >= 0.3 is 5.97 Å². The second-order valence-electron chi connectivity index (χ2n) is 6.70. The van der Waals surface area contributed by atoms with E-state index in [2.05, 4.69) is 10.6 Å². The molecule has 0 aliphatic rings. The third kappa shape index (κ3) is 5.75. The molecule has 0 aliphatic carbocycles. The van der Waals surface area contributed by atoms with Gasteiger partial charge in [-0.2, -0.15) is 0 Å². The Morgan fingerprint density at radius 1 is 0.867 bits per heavy atom. The number of carbonyl (C=O) groups excluding carboxylic acids is 1. The van der Waals surface area contributed by atoms with Crippen LogP contribution >= 0.6 is 23.2 Å². The molecule has 0 bridgehead atoms. The molecule has 0 fully saturated rings. The topological polar surface area (TPSA) is 78.4 Å². The van der Waals surface area contributed by atoms with Crippen molar-refractivity contribution in [3.8, 4) is 0 Å². The van der Waals surface area contributed by atoms with Gasteiger partial charge < -0.3 is 15.7 Å². The maximum atomic E-state index is 12.6. The summed E-state index contributed by atoms with van der Waals surface area (Å²) in [6.07, 6.45) is 0.209. The Bertz CT molecular complexity index is 1020. The summed E-state index contributed by atoms with van der Waals surface area (Å²) in [5.74, 6) is -1.47. The van der Waals surface area contributed by atoms with E-state index in [-0.39, 0.29) is 12.8 Å². The Kier molecular flexibility index (Phi) is 7.33. The van der Waals surface area contributed by atoms with Crippen LogP contribution in [0.3, 0.4) is 0 Å². The fourth-order valence-corrected chi connectivity index (χ4v) is 3.51. The average molecular weight is 443 g/mol. The molecule has 3 aromatic rings. The van der Waals surface area contributed by atoms with E-state index < -0.39 is 17.9 Å². The van der Waals surface area contributed by atoms with Crippen LogP contribution in [0.5, 0.6) is 0 Å². The number of hydrogen-bond donors (Lipinski definition) is 3. The number of rotatable bonds is 8. The molecule has 0 heterocycles. The molecule has 5 nitrogen and oxygen atoms in total. The lowest BCUT2D eigenvalue weighted by molar-refractivity contribution is -0.141. The third-order valence-corrected chi connectivity index (χ3v) is 5.14. The van der Waals surface area contributed by atoms with Crippen LogP contribution in [0, 0.1) is 0 Å². The minimum Gasteiger partial charge on any atom is -0.480 e. The minimum absolute atomic E-state index is 0.00378. The Morgan fingerprint density at radius 2 is 1.50 bits per heavy atom. The zero-order chi connectivity index (χ0) is 21.5. The molecular formula is C23H20Cl2N2O3. The Morgan fingerprint density at radius 3 is 2.17 bits per heavy atom. The van der Waals surface area contributed by atoms with Gasteiger partial charge in [-0.15, -0.1) is 0 Å². The number of hydrogen-bond acceptors (Lipinski definition) is 3. The molecule has 3 rings (SSSR count). The van der Waals surface area contributed by atoms with E-state index in [0.29, 0.717) is 27.0 Å². The van der Waals surface area contributed by atoms with Crippen LogP contribution in [0.25, 0.3) is 0 Å². The molecule has 154 valence electrons. The van der Waals surface area contributed by atoms with Gasteiger partial charge in [-0.3, -0.25) is 4.79 Å². The quantitative estimate of drug-likeness (QED) is 0.453. The molecule has 0 saturated carbocycles. The molecule has 1 unspecified atom stereocenters. The molecule has 0 radical (unpaired) electrons. The average Bonchev–Trinajstić information content (AvgIpc) is 2.72. The number of benzene rings is 3. The number of carbonyl (C=O) groups is 2. The second-order valence-corrected chi connectivity index (χ2v) is 7.52. The maximum Gasteiger partial charge on any atom is 0.326 e. The monoisotopic (exact) mass is 442 g/mol. The van der Waals surface area contributed by atoms with E-state index >= 15 is 0 Å². The van der Waals surface area contributed by atoms with Gasteiger partial charge in [0, 0.05) is 12.1 Å². The van der Waals surface area contributed by atoms with Gasteiger partial charge in [-0.1, -0.05) is 77.8 Å². The summed E-state index contributed by atoms with van der Waals surface area (Å²) in [5, 5.41) is 16.2. The van der Waals surface area contributed by atoms with Crippen LogP contribution < -0.4 is 10.6 Å². The normalized spacial score (nSPS) is 11.5. The molecule has 0 saturated heterocycles. The van der Waals surface area contributed by atoms with Gasteiger partial charge in [0.2, 0.25) is 5.91 Å². The maximum absolute atomic E-state index is 12.6. The highest BCUT2D eigenvalue weighted by molar-refractivity contribution is 6.39. The zero-order valence-corrected chi connectivity index (χ0v) is 17.5. The van der Waals surface area contributed by atoms with Crippen LogP contribution in [0.4, 0.5) is 11.4 Å². The van der Waals surface area contributed by atoms with Crippen molar-refractivity contribution >= 4 is 46.5 Å². The Labute approximate surface area is 184 Å². The first-order chi connectivity index (χ1) is 14.4. The summed E-state index contributed by atoms with van der Waals surface area (Å²) < 4.78 is 0. The molecule has 1 amide bonds. The van der Waals surface area contributed by atoms with Crippen molar-refractivity contribution in [2.75, 3.05) is 5.32 Å². The second kappa shape index (κ2) is 10.1. The Hall–Kier alpha value is -3.02. The first-order valence-electron chi connectivity index (χ1n) is 9.29. The smallest absolute Gasteiger partial charge is 0.326 e. The van der Waals surface area contributed by atoms with Crippen LogP contribution in [0.2, 0.25) is 10.0 Å². The first-order valence-corrected chi connectivity index (χ1v) is 10.0. The molecular weight excluding hydrogens is 423 g/mol. The number of aliphatic carboxylic acids is 1. The molecule has 3 N–H and O–H groups in total. The summed E-state index contributed by atoms with van der Waals surface area (Å²) in [7, 11) is 0. The van der Waals surface area contributed by atoms with Crippen molar-refractivity contribution in [2.45, 2.75) is 18.9 Å². The van der Waals surface area contributed by atoms with E-state index in [4.69, 9.17) is 23.2 Å². The van der Waals surface area contributed by atoms with Crippen molar-refractivity contribution in [3.05, 3.63) is 94.0 Å². The minimum atomic E-state index is -1.08. The van der Waals surface area contributed by atoms with E-state index in [1.54, 1.807) is 36.4 Å². The van der Waals surface area contributed by atoms with Gasteiger partial charge in [0.25, 0.3) is 0 Å². The summed E-state index contributed by atoms with van der Waals surface area (Å²) >= 11 is 12.5. The molecule has 30 heavy (non-hydrogen) atoms. The lowest BCUT2D eigenvalue weighted by Gasteiger charge is -2.17. The molecule has 0 spiro atoms. The number of carboxylic acids is 1. The summed E-state index contributed by atoms with van der Waals surface area (Å²) in [4.78, 5) is 24.2. The molecule has 0 aliphatic heterocycles. The molecule has 1 atom stereocenters. The third-order valence-electron chi connectivity index (χ3n) is 4.51. The van der Waals surface area contributed by atoms with Crippen molar-refractivity contribution in [2.24, 2.45) is 0 Å². The molecule has 3 aromatic carbocycles. The van der Waals surface area contributed by atoms with Gasteiger partial charge in [-0.05, 0) is 29.3 Å². The van der Waals surface area contributed by atoms with Crippen LogP contribution in [0.1, 0.15) is 11.1 Å². The first kappa shape index (κ1) is 21.7. The number of halogens is 2. The number of para-hydroxylation sites is 2. The van der Waals surface area contributed by atoms with Gasteiger partial charge in [0.1, 0.15) is 6.04 Å². The number of amides is 1. The van der Waals surface area contributed by atoms with E-state index in [1.165, 1.54) is 0 Å². The van der Waals surface area contributed by atoms with Gasteiger partial charge in [-0.25, -0.2) is 4.79 Å². The predicted octanol–water partition coefficient (Wildman–Crippen LogP) is 5.09. The fraction of sp³-hybridized carbons (Fsp3) is 0.130. The van der Waals surface area contributed by atoms with Crippen molar-refractivity contribution < 1.29 is 14.7 Å². The summed E-state index contributed by atoms with van der Waals surface area (Å²) in [5.41, 5.74) is 2.73. The van der Waals surface area contributed by atoms with Crippen LogP contribution in [0.15, 0.2) is 72.8 Å². The zero-order valence-electron chi connectivity index (χ0n) is 15.9. The fourth-order valence-electron chi connectivity index (χ4n) is 3.02. The van der Waals surface area contributed by atoms with Crippen molar-refractivity contribution in [1.82, 2.24) is 5.32 Å². The molecule has 7 heteroatoms. The van der Waals surface area contributed by atoms with E-state index in [0.717, 1.165) is 5.56 Å². The highest BCUT2D eigenvalue weighted by Gasteiger charge is 2.21. The van der Waals surface area contributed by atoms with E-state index in [9.17, 15) is 14.7 Å². The number of carboxylic acid groups (broad SMARTS) is 1. The SMILES string of the molecule is O=C(Cc1ccccc1Nc1c(Cl)cccc1Cl)NC(Cc1ccccc1)C(=O)O. The summed E-state index contributed by atoms with van der Waals surface area (Å²) in [6.45, 7) is 0. The summed E-state index contributed by atoms with van der Waals surface area (Å²) in [6, 6.07) is 20.6. The van der Waals surface area contributed by atoms with Gasteiger partial charge in [0.15, 0.2) is 0 Å². The van der Waals surface area contributed by atoms with Gasteiger partial charge in [0.05, 0.1) is 22.2 Å². The Balaban J connectivity index is 1.73. The van der Waals surface area contributed by atoms with Crippen LogP contribution in [-0.2, 0) is 22.4 Å². The molecule has 0 aromatic heterocycles. The highest BCUT2D eigenvalue weighted by atomic mass is 35.5. The van der Waals surface area contributed by atoms with E-state index in [1.807, 2.05) is 36.4 Å².